The van der Waals surface area contributed by atoms with Crippen molar-refractivity contribution in [2.24, 2.45) is 23.7 Å². The Morgan fingerprint density at radius 1 is 1.04 bits per heavy atom. The largest absolute Gasteiger partial charge is 0.507 e. The molecule has 7 heteroatoms. The molecule has 120 valence electrons. The van der Waals surface area contributed by atoms with Gasteiger partial charge >= 0.3 is 11.9 Å². The van der Waals surface area contributed by atoms with Crippen molar-refractivity contribution in [3.63, 3.8) is 0 Å². The number of fused-ring (bicyclic) bond motifs is 2. The molecule has 2 bridgehead atoms. The van der Waals surface area contributed by atoms with Crippen LogP contribution in [0.25, 0.3) is 0 Å². The van der Waals surface area contributed by atoms with E-state index in [1.54, 1.807) is 0 Å². The Bertz CT molecular complexity index is 725. The van der Waals surface area contributed by atoms with Crippen LogP contribution in [0.1, 0.15) is 16.8 Å². The van der Waals surface area contributed by atoms with Crippen LogP contribution in [0.5, 0.6) is 5.75 Å². The zero-order valence-corrected chi connectivity index (χ0v) is 12.0. The number of aromatic carboxylic acids is 1. The number of phenols is 1. The Labute approximate surface area is 131 Å². The molecule has 2 aliphatic carbocycles. The second-order valence-corrected chi connectivity index (χ2v) is 5.86. The average molecular weight is 317 g/mol. The van der Waals surface area contributed by atoms with Crippen molar-refractivity contribution in [2.45, 2.75) is 6.42 Å². The molecule has 2 aliphatic rings. The van der Waals surface area contributed by atoms with Crippen LogP contribution in [0.3, 0.4) is 0 Å². The van der Waals surface area contributed by atoms with Gasteiger partial charge in [0.15, 0.2) is 0 Å². The molecule has 3 rings (SSSR count). The SMILES string of the molecule is O=C(O)c1ccc(NC(=O)C2C3C=CC(C3)C2C(=O)O)cc1O. The van der Waals surface area contributed by atoms with Gasteiger partial charge in [-0.15, -0.1) is 0 Å². The van der Waals surface area contributed by atoms with Crippen LogP contribution in [-0.4, -0.2) is 33.2 Å². The molecule has 4 atom stereocenters. The highest BCUT2D eigenvalue weighted by molar-refractivity contribution is 5.97. The third-order valence-electron chi connectivity index (χ3n) is 4.54. The van der Waals surface area contributed by atoms with Gasteiger partial charge in [0.25, 0.3) is 0 Å². The average Bonchev–Trinajstić information content (AvgIpc) is 3.07. The maximum Gasteiger partial charge on any atom is 0.339 e. The summed E-state index contributed by atoms with van der Waals surface area (Å²) >= 11 is 0. The first-order valence-electron chi connectivity index (χ1n) is 7.17. The highest BCUT2D eigenvalue weighted by Crippen LogP contribution is 2.48. The monoisotopic (exact) mass is 317 g/mol. The van der Waals surface area contributed by atoms with Crippen LogP contribution >= 0.6 is 0 Å². The minimum Gasteiger partial charge on any atom is -0.507 e. The van der Waals surface area contributed by atoms with Crippen molar-refractivity contribution in [3.05, 3.63) is 35.9 Å². The number of benzene rings is 1. The summed E-state index contributed by atoms with van der Waals surface area (Å²) in [4.78, 5) is 34.7. The van der Waals surface area contributed by atoms with Crippen molar-refractivity contribution in [2.75, 3.05) is 5.32 Å². The molecular weight excluding hydrogens is 302 g/mol. The molecule has 0 heterocycles. The lowest BCUT2D eigenvalue weighted by atomic mass is 9.82. The van der Waals surface area contributed by atoms with Crippen LogP contribution in [-0.2, 0) is 9.59 Å². The quantitative estimate of drug-likeness (QED) is 0.625. The zero-order chi connectivity index (χ0) is 16.7. The molecule has 0 saturated heterocycles. The second-order valence-electron chi connectivity index (χ2n) is 5.86. The molecule has 0 spiro atoms. The number of carboxylic acid groups (broad SMARTS) is 2. The first-order chi connectivity index (χ1) is 10.9. The van der Waals surface area contributed by atoms with E-state index in [4.69, 9.17) is 5.11 Å². The van der Waals surface area contributed by atoms with Gasteiger partial charge in [-0.1, -0.05) is 12.2 Å². The number of nitrogens with one attached hydrogen (secondary N) is 1. The molecule has 0 aliphatic heterocycles. The number of allylic oxidation sites excluding steroid dienone is 2. The van der Waals surface area contributed by atoms with E-state index in [0.29, 0.717) is 6.42 Å². The van der Waals surface area contributed by atoms with Gasteiger partial charge in [0.2, 0.25) is 5.91 Å². The van der Waals surface area contributed by atoms with Crippen LogP contribution in [0, 0.1) is 23.7 Å². The Balaban J connectivity index is 1.79. The maximum atomic E-state index is 12.4. The molecule has 23 heavy (non-hydrogen) atoms. The number of aromatic hydroxyl groups is 1. The number of hydrogen-bond donors (Lipinski definition) is 4. The first kappa shape index (κ1) is 15.1. The summed E-state index contributed by atoms with van der Waals surface area (Å²) in [6.07, 6.45) is 4.37. The summed E-state index contributed by atoms with van der Waals surface area (Å²) in [5, 5.41) is 30.4. The maximum absolute atomic E-state index is 12.4. The lowest BCUT2D eigenvalue weighted by molar-refractivity contribution is -0.146. The number of anilines is 1. The lowest BCUT2D eigenvalue weighted by Gasteiger charge is -2.23. The van der Waals surface area contributed by atoms with Gasteiger partial charge in [-0.3, -0.25) is 9.59 Å². The van der Waals surface area contributed by atoms with Gasteiger partial charge in [0.05, 0.1) is 11.8 Å². The van der Waals surface area contributed by atoms with E-state index >= 15 is 0 Å². The standard InChI is InChI=1S/C16H15NO6/c18-11-6-9(3-4-10(11)15(20)21)17-14(19)12-7-1-2-8(5-7)13(12)16(22)23/h1-4,6-8,12-13,18H,5H2,(H,17,19)(H,20,21)(H,22,23). The Hall–Kier alpha value is -2.83. The third-order valence-corrected chi connectivity index (χ3v) is 4.54. The molecule has 1 amide bonds. The number of amides is 1. The van der Waals surface area contributed by atoms with E-state index in [2.05, 4.69) is 5.32 Å². The molecule has 0 aromatic heterocycles. The minimum absolute atomic E-state index is 0.104. The number of carboxylic acids is 2. The Morgan fingerprint density at radius 2 is 1.70 bits per heavy atom. The summed E-state index contributed by atoms with van der Waals surface area (Å²) in [6.45, 7) is 0. The Morgan fingerprint density at radius 3 is 2.26 bits per heavy atom. The fourth-order valence-corrected chi connectivity index (χ4v) is 3.53. The highest BCUT2D eigenvalue weighted by Gasteiger charge is 2.51. The predicted octanol–water partition coefficient (Wildman–Crippen LogP) is 1.55. The van der Waals surface area contributed by atoms with Crippen LogP contribution in [0.2, 0.25) is 0 Å². The molecule has 1 saturated carbocycles. The van der Waals surface area contributed by atoms with Crippen molar-refractivity contribution < 1.29 is 29.7 Å². The molecular formula is C16H15NO6. The number of hydrogen-bond acceptors (Lipinski definition) is 4. The molecule has 4 unspecified atom stereocenters. The van der Waals surface area contributed by atoms with Crippen LogP contribution in [0.4, 0.5) is 5.69 Å². The fraction of sp³-hybridized carbons (Fsp3) is 0.312. The van der Waals surface area contributed by atoms with Crippen molar-refractivity contribution in [3.8, 4) is 5.75 Å². The number of rotatable bonds is 4. The van der Waals surface area contributed by atoms with Gasteiger partial charge in [0.1, 0.15) is 11.3 Å². The topological polar surface area (TPSA) is 124 Å². The number of carbonyl (C=O) groups is 3. The molecule has 0 radical (unpaired) electrons. The van der Waals surface area contributed by atoms with Crippen molar-refractivity contribution >= 4 is 23.5 Å². The smallest absolute Gasteiger partial charge is 0.339 e. The van der Waals surface area contributed by atoms with Crippen molar-refractivity contribution in [1.29, 1.82) is 0 Å². The van der Waals surface area contributed by atoms with E-state index in [0.717, 1.165) is 6.07 Å². The molecule has 1 aromatic carbocycles. The molecule has 1 fully saturated rings. The van der Waals surface area contributed by atoms with E-state index in [1.807, 2.05) is 12.2 Å². The van der Waals surface area contributed by atoms with Crippen LogP contribution in [0.15, 0.2) is 30.4 Å². The minimum atomic E-state index is -1.27. The summed E-state index contributed by atoms with van der Waals surface area (Å²) < 4.78 is 0. The fourth-order valence-electron chi connectivity index (χ4n) is 3.53. The van der Waals surface area contributed by atoms with Gasteiger partial charge in [-0.05, 0) is 30.4 Å². The summed E-state index contributed by atoms with van der Waals surface area (Å²) in [5.74, 6) is -4.81. The lowest BCUT2D eigenvalue weighted by Crippen LogP contribution is -2.36. The summed E-state index contributed by atoms with van der Waals surface area (Å²) in [7, 11) is 0. The molecule has 7 nitrogen and oxygen atoms in total. The first-order valence-corrected chi connectivity index (χ1v) is 7.17. The zero-order valence-electron chi connectivity index (χ0n) is 12.0. The third kappa shape index (κ3) is 2.54. The van der Waals surface area contributed by atoms with E-state index < -0.39 is 35.4 Å². The van der Waals surface area contributed by atoms with Gasteiger partial charge < -0.3 is 20.6 Å². The number of carbonyl (C=O) groups excluding carboxylic acids is 1. The van der Waals surface area contributed by atoms with E-state index in [9.17, 15) is 24.6 Å². The highest BCUT2D eigenvalue weighted by atomic mass is 16.4. The predicted molar refractivity (Wildman–Crippen MR) is 79.0 cm³/mol. The molecule has 4 N–H and O–H groups in total. The van der Waals surface area contributed by atoms with E-state index in [1.165, 1.54) is 12.1 Å². The summed E-state index contributed by atoms with van der Waals surface area (Å²) in [5.41, 5.74) is -0.0392. The summed E-state index contributed by atoms with van der Waals surface area (Å²) in [6, 6.07) is 3.68. The second kappa shape index (κ2) is 5.42. The van der Waals surface area contributed by atoms with Gasteiger partial charge in [0, 0.05) is 11.8 Å². The normalized spacial score (nSPS) is 27.8. The number of aliphatic carboxylic acids is 1. The van der Waals surface area contributed by atoms with Gasteiger partial charge in [-0.25, -0.2) is 4.79 Å². The van der Waals surface area contributed by atoms with Crippen LogP contribution < -0.4 is 5.32 Å². The van der Waals surface area contributed by atoms with Crippen molar-refractivity contribution in [1.82, 2.24) is 0 Å². The van der Waals surface area contributed by atoms with E-state index in [-0.39, 0.29) is 23.1 Å². The molecule has 1 aromatic rings. The van der Waals surface area contributed by atoms with Gasteiger partial charge in [-0.2, -0.15) is 0 Å². The Kier molecular flexibility index (Phi) is 3.55.